The van der Waals surface area contributed by atoms with Gasteiger partial charge in [-0.3, -0.25) is 9.36 Å². The highest BCUT2D eigenvalue weighted by Gasteiger charge is 2.20. The van der Waals surface area contributed by atoms with Crippen molar-refractivity contribution in [2.24, 2.45) is 5.92 Å². The molecule has 1 aromatic heterocycles. The lowest BCUT2D eigenvalue weighted by Gasteiger charge is -2.21. The number of aryl methyl sites for hydroxylation is 1. The summed E-state index contributed by atoms with van der Waals surface area (Å²) >= 11 is 1.34. The first-order chi connectivity index (χ1) is 15.5. The van der Waals surface area contributed by atoms with Crippen LogP contribution in [0, 0.1) is 24.2 Å². The van der Waals surface area contributed by atoms with Gasteiger partial charge in [0.15, 0.2) is 11.0 Å². The average molecular weight is 450 g/mol. The van der Waals surface area contributed by atoms with Crippen LogP contribution >= 0.6 is 11.8 Å². The fraction of sp³-hybridized carbons (Fsp3) is 0.333. The number of nitriles is 1. The van der Waals surface area contributed by atoms with Crippen molar-refractivity contribution < 1.29 is 9.53 Å². The predicted octanol–water partition coefficient (Wildman–Crippen LogP) is 4.35. The van der Waals surface area contributed by atoms with Gasteiger partial charge in [-0.05, 0) is 51.1 Å². The fourth-order valence-electron chi connectivity index (χ4n) is 3.29. The van der Waals surface area contributed by atoms with E-state index in [0.29, 0.717) is 24.1 Å². The van der Waals surface area contributed by atoms with E-state index in [1.54, 1.807) is 12.0 Å². The fourth-order valence-corrected chi connectivity index (χ4v) is 4.15. The van der Waals surface area contributed by atoms with Crippen LogP contribution in [0.5, 0.6) is 5.75 Å². The van der Waals surface area contributed by atoms with E-state index in [9.17, 15) is 4.79 Å². The summed E-state index contributed by atoms with van der Waals surface area (Å²) in [6.45, 7) is 6.75. The summed E-state index contributed by atoms with van der Waals surface area (Å²) in [6, 6.07) is 17.9. The summed E-state index contributed by atoms with van der Waals surface area (Å²) in [4.78, 5) is 14.5. The summed E-state index contributed by atoms with van der Waals surface area (Å²) < 4.78 is 7.25. The summed E-state index contributed by atoms with van der Waals surface area (Å²) in [5, 5.41) is 18.5. The van der Waals surface area contributed by atoms with Crippen LogP contribution in [-0.4, -0.2) is 51.5 Å². The van der Waals surface area contributed by atoms with Gasteiger partial charge in [0, 0.05) is 24.3 Å². The quantitative estimate of drug-likeness (QED) is 0.452. The number of hydrogen-bond acceptors (Lipinski definition) is 6. The van der Waals surface area contributed by atoms with Crippen molar-refractivity contribution in [3.05, 3.63) is 54.1 Å². The van der Waals surface area contributed by atoms with Crippen LogP contribution in [0.25, 0.3) is 17.1 Å². The van der Waals surface area contributed by atoms with Crippen LogP contribution in [0.1, 0.15) is 19.4 Å². The highest BCUT2D eigenvalue weighted by molar-refractivity contribution is 7.99. The third-order valence-electron chi connectivity index (χ3n) is 5.01. The minimum atomic E-state index is -0.209. The molecule has 0 saturated heterocycles. The lowest BCUT2D eigenvalue weighted by Crippen LogP contribution is -2.35. The maximum atomic E-state index is 12.8. The molecule has 3 rings (SSSR count). The number of aromatic nitrogens is 3. The third kappa shape index (κ3) is 5.48. The van der Waals surface area contributed by atoms with Crippen molar-refractivity contribution in [1.82, 2.24) is 19.7 Å². The van der Waals surface area contributed by atoms with E-state index in [2.05, 4.69) is 22.3 Å². The molecular formula is C24H27N5O2S. The molecule has 8 heteroatoms. The molecule has 0 bridgehead atoms. The minimum absolute atomic E-state index is 0.0269. The molecule has 166 valence electrons. The molecule has 0 aliphatic heterocycles. The second-order valence-corrected chi connectivity index (χ2v) is 8.40. The van der Waals surface area contributed by atoms with Gasteiger partial charge in [-0.1, -0.05) is 35.5 Å². The van der Waals surface area contributed by atoms with E-state index in [-0.39, 0.29) is 17.6 Å². The number of ether oxygens (including phenoxy) is 1. The first kappa shape index (κ1) is 23.4. The van der Waals surface area contributed by atoms with E-state index in [4.69, 9.17) is 10.00 Å². The molecule has 0 fully saturated rings. The standard InChI is InChI=1S/C24H27N5O2S/c1-5-28(15-18(3)14-25)22(30)16-32-24-27-26-23(19-8-6-7-17(2)13-19)29(24)20-9-11-21(31-4)12-10-20/h6-13,18H,5,15-16H2,1-4H3. The zero-order valence-corrected chi connectivity index (χ0v) is 19.6. The van der Waals surface area contributed by atoms with Crippen LogP contribution < -0.4 is 4.74 Å². The zero-order valence-electron chi connectivity index (χ0n) is 18.8. The van der Waals surface area contributed by atoms with Crippen LogP contribution in [0.15, 0.2) is 53.7 Å². The number of rotatable bonds is 9. The topological polar surface area (TPSA) is 84.0 Å². The van der Waals surface area contributed by atoms with Crippen LogP contribution in [0.4, 0.5) is 0 Å². The zero-order chi connectivity index (χ0) is 23.1. The molecule has 1 atom stereocenters. The molecule has 0 N–H and O–H groups in total. The molecule has 1 amide bonds. The van der Waals surface area contributed by atoms with Crippen molar-refractivity contribution in [3.63, 3.8) is 0 Å². The Morgan fingerprint density at radius 1 is 1.25 bits per heavy atom. The summed E-state index contributed by atoms with van der Waals surface area (Å²) in [5.74, 6) is 1.45. The number of methoxy groups -OCH3 is 1. The van der Waals surface area contributed by atoms with Crippen molar-refractivity contribution in [2.75, 3.05) is 26.0 Å². The molecule has 32 heavy (non-hydrogen) atoms. The summed E-state index contributed by atoms with van der Waals surface area (Å²) in [6.07, 6.45) is 0. The first-order valence-corrected chi connectivity index (χ1v) is 11.4. The van der Waals surface area contributed by atoms with Crippen molar-refractivity contribution in [2.45, 2.75) is 25.9 Å². The molecule has 0 saturated carbocycles. The second kappa shape index (κ2) is 10.8. The van der Waals surface area contributed by atoms with Gasteiger partial charge < -0.3 is 9.64 Å². The Labute approximate surface area is 193 Å². The molecule has 1 unspecified atom stereocenters. The molecule has 0 aliphatic carbocycles. The Morgan fingerprint density at radius 2 is 2.00 bits per heavy atom. The Kier molecular flexibility index (Phi) is 7.90. The normalized spacial score (nSPS) is 11.6. The summed E-state index contributed by atoms with van der Waals surface area (Å²) in [7, 11) is 1.63. The molecule has 0 spiro atoms. The number of carbonyl (C=O) groups excluding carboxylic acids is 1. The van der Waals surface area contributed by atoms with Gasteiger partial charge in [-0.2, -0.15) is 5.26 Å². The van der Waals surface area contributed by atoms with Gasteiger partial charge in [0.05, 0.1) is 24.8 Å². The Morgan fingerprint density at radius 3 is 2.62 bits per heavy atom. The lowest BCUT2D eigenvalue weighted by atomic mass is 10.1. The Hall–Kier alpha value is -3.31. The lowest BCUT2D eigenvalue weighted by molar-refractivity contribution is -0.128. The molecule has 2 aromatic carbocycles. The molecule has 0 aliphatic rings. The van der Waals surface area contributed by atoms with Crippen LogP contribution in [0.2, 0.25) is 0 Å². The highest BCUT2D eigenvalue weighted by atomic mass is 32.2. The van der Waals surface area contributed by atoms with Crippen molar-refractivity contribution in [3.8, 4) is 28.9 Å². The van der Waals surface area contributed by atoms with Crippen LogP contribution in [-0.2, 0) is 4.79 Å². The first-order valence-electron chi connectivity index (χ1n) is 10.4. The number of amides is 1. The van der Waals surface area contributed by atoms with Gasteiger partial charge in [0.2, 0.25) is 5.91 Å². The maximum Gasteiger partial charge on any atom is 0.233 e. The molecular weight excluding hydrogens is 422 g/mol. The van der Waals surface area contributed by atoms with E-state index in [1.165, 1.54) is 11.8 Å². The van der Waals surface area contributed by atoms with Gasteiger partial charge in [-0.15, -0.1) is 10.2 Å². The Balaban J connectivity index is 1.92. The molecule has 1 heterocycles. The summed E-state index contributed by atoms with van der Waals surface area (Å²) in [5.41, 5.74) is 2.96. The van der Waals surface area contributed by atoms with Crippen molar-refractivity contribution in [1.29, 1.82) is 5.26 Å². The van der Waals surface area contributed by atoms with Gasteiger partial charge in [0.25, 0.3) is 0 Å². The predicted molar refractivity (Wildman–Crippen MR) is 126 cm³/mol. The number of carbonyl (C=O) groups is 1. The smallest absolute Gasteiger partial charge is 0.233 e. The third-order valence-corrected chi connectivity index (χ3v) is 5.93. The monoisotopic (exact) mass is 449 g/mol. The molecule has 0 radical (unpaired) electrons. The van der Waals surface area contributed by atoms with E-state index in [0.717, 1.165) is 22.6 Å². The van der Waals surface area contributed by atoms with Gasteiger partial charge in [0.1, 0.15) is 5.75 Å². The number of thioether (sulfide) groups is 1. The Bertz CT molecular complexity index is 1100. The molecule has 7 nitrogen and oxygen atoms in total. The largest absolute Gasteiger partial charge is 0.497 e. The van der Waals surface area contributed by atoms with Crippen molar-refractivity contribution >= 4 is 17.7 Å². The second-order valence-electron chi connectivity index (χ2n) is 7.46. The number of hydrogen-bond donors (Lipinski definition) is 0. The number of benzene rings is 2. The highest BCUT2D eigenvalue weighted by Crippen LogP contribution is 2.29. The SMILES string of the molecule is CCN(CC(C)C#N)C(=O)CSc1nnc(-c2cccc(C)c2)n1-c1ccc(OC)cc1. The van der Waals surface area contributed by atoms with Crippen LogP contribution in [0.3, 0.4) is 0 Å². The van der Waals surface area contributed by atoms with Gasteiger partial charge >= 0.3 is 0 Å². The average Bonchev–Trinajstić information content (AvgIpc) is 3.24. The number of nitrogens with zero attached hydrogens (tertiary/aromatic N) is 5. The van der Waals surface area contributed by atoms with E-state index >= 15 is 0 Å². The van der Waals surface area contributed by atoms with E-state index < -0.39 is 0 Å². The minimum Gasteiger partial charge on any atom is -0.497 e. The molecule has 3 aromatic rings. The van der Waals surface area contributed by atoms with E-state index in [1.807, 2.05) is 67.8 Å². The maximum absolute atomic E-state index is 12.8. The van der Waals surface area contributed by atoms with Gasteiger partial charge in [-0.25, -0.2) is 0 Å².